The molecule has 0 atom stereocenters. The van der Waals surface area contributed by atoms with Crippen LogP contribution in [0.25, 0.3) is 0 Å². The minimum absolute atomic E-state index is 0.210. The van der Waals surface area contributed by atoms with E-state index < -0.39 is 4.83 Å². The van der Waals surface area contributed by atoms with Crippen molar-refractivity contribution in [2.24, 2.45) is 0 Å². The Morgan fingerprint density at radius 1 is 1.67 bits per heavy atom. The van der Waals surface area contributed by atoms with Gasteiger partial charge in [0.15, 0.2) is 0 Å². The molecule has 0 saturated carbocycles. The maximum Gasteiger partial charge on any atom is 0.320 e. The van der Waals surface area contributed by atoms with Gasteiger partial charge in [-0.3, -0.25) is 0 Å². The van der Waals surface area contributed by atoms with Gasteiger partial charge >= 0.3 is 4.83 Å². The van der Waals surface area contributed by atoms with Crippen molar-refractivity contribution >= 4 is 15.9 Å². The van der Waals surface area contributed by atoms with Crippen molar-refractivity contribution in [3.63, 3.8) is 0 Å². The summed E-state index contributed by atoms with van der Waals surface area (Å²) in [4.78, 5) is -2.90. The molecule has 0 aliphatic rings. The van der Waals surface area contributed by atoms with Crippen LogP contribution in [0.4, 0.5) is 8.78 Å². The van der Waals surface area contributed by atoms with Crippen LogP contribution in [0.3, 0.4) is 0 Å². The van der Waals surface area contributed by atoms with Gasteiger partial charge in [-0.25, -0.2) is 0 Å². The van der Waals surface area contributed by atoms with Crippen LogP contribution in [0.1, 0.15) is 0 Å². The van der Waals surface area contributed by atoms with Crippen molar-refractivity contribution in [2.75, 3.05) is 13.7 Å². The van der Waals surface area contributed by atoms with Crippen LogP contribution in [0, 0.1) is 0 Å². The SMILES string of the molecule is COCC=CC(F)(F)Br. The molecular formula is C5H7BrF2O. The van der Waals surface area contributed by atoms with E-state index in [0.29, 0.717) is 0 Å². The second-order valence-corrected chi connectivity index (χ2v) is 2.46. The summed E-state index contributed by atoms with van der Waals surface area (Å²) >= 11 is 2.13. The molecule has 0 aromatic heterocycles. The molecule has 0 saturated heterocycles. The summed E-state index contributed by atoms with van der Waals surface area (Å²) in [6.45, 7) is 0.210. The van der Waals surface area contributed by atoms with Crippen LogP contribution < -0.4 is 0 Å². The molecule has 0 bridgehead atoms. The second kappa shape index (κ2) is 3.95. The molecule has 1 nitrogen and oxygen atoms in total. The summed E-state index contributed by atoms with van der Waals surface area (Å²) in [6.07, 6.45) is 1.98. The smallest absolute Gasteiger partial charge is 0.320 e. The summed E-state index contributed by atoms with van der Waals surface area (Å²) in [7, 11) is 1.44. The van der Waals surface area contributed by atoms with Crippen LogP contribution >= 0.6 is 15.9 Å². The van der Waals surface area contributed by atoms with Gasteiger partial charge in [-0.2, -0.15) is 8.78 Å². The summed E-state index contributed by atoms with van der Waals surface area (Å²) in [5.41, 5.74) is 0. The fraction of sp³-hybridized carbons (Fsp3) is 0.600. The minimum atomic E-state index is -2.90. The second-order valence-electron chi connectivity index (χ2n) is 1.40. The fourth-order valence-electron chi connectivity index (χ4n) is 0.278. The highest BCUT2D eigenvalue weighted by molar-refractivity contribution is 9.10. The largest absolute Gasteiger partial charge is 0.381 e. The molecule has 0 aliphatic heterocycles. The van der Waals surface area contributed by atoms with E-state index in [9.17, 15) is 8.78 Å². The number of alkyl halides is 3. The molecule has 0 rings (SSSR count). The summed E-state index contributed by atoms with van der Waals surface area (Å²) in [5.74, 6) is 0. The van der Waals surface area contributed by atoms with Crippen LogP contribution in [-0.2, 0) is 4.74 Å². The highest BCUT2D eigenvalue weighted by Gasteiger charge is 2.17. The Morgan fingerprint density at radius 2 is 2.22 bits per heavy atom. The minimum Gasteiger partial charge on any atom is -0.381 e. The van der Waals surface area contributed by atoms with E-state index in [1.165, 1.54) is 13.2 Å². The number of methoxy groups -OCH3 is 1. The quantitative estimate of drug-likeness (QED) is 0.502. The third kappa shape index (κ3) is 8.04. The van der Waals surface area contributed by atoms with E-state index in [2.05, 4.69) is 20.7 Å². The molecule has 0 heterocycles. The van der Waals surface area contributed by atoms with Crippen molar-refractivity contribution in [3.05, 3.63) is 12.2 Å². The Labute approximate surface area is 60.8 Å². The summed E-state index contributed by atoms with van der Waals surface area (Å²) in [5, 5.41) is 0. The third-order valence-corrected chi connectivity index (χ3v) is 0.834. The lowest BCUT2D eigenvalue weighted by atomic mass is 10.5. The van der Waals surface area contributed by atoms with Crippen LogP contribution in [0.2, 0.25) is 0 Å². The van der Waals surface area contributed by atoms with Crippen LogP contribution in [0.5, 0.6) is 0 Å². The van der Waals surface area contributed by atoms with E-state index in [-0.39, 0.29) is 6.61 Å². The van der Waals surface area contributed by atoms with Crippen molar-refractivity contribution in [3.8, 4) is 0 Å². The maximum absolute atomic E-state index is 11.8. The van der Waals surface area contributed by atoms with E-state index in [4.69, 9.17) is 0 Å². The monoisotopic (exact) mass is 200 g/mol. The predicted octanol–water partition coefficient (Wildman–Crippen LogP) is 2.18. The average molecular weight is 201 g/mol. The molecule has 54 valence electrons. The van der Waals surface area contributed by atoms with Crippen molar-refractivity contribution in [1.82, 2.24) is 0 Å². The van der Waals surface area contributed by atoms with Crippen LogP contribution in [0.15, 0.2) is 12.2 Å². The van der Waals surface area contributed by atoms with E-state index in [1.807, 2.05) is 0 Å². The first-order chi connectivity index (χ1) is 4.06. The number of ether oxygens (including phenoxy) is 1. The number of hydrogen-bond acceptors (Lipinski definition) is 1. The van der Waals surface area contributed by atoms with E-state index in [0.717, 1.165) is 6.08 Å². The third-order valence-electron chi connectivity index (χ3n) is 0.570. The van der Waals surface area contributed by atoms with Crippen LogP contribution in [-0.4, -0.2) is 18.5 Å². The van der Waals surface area contributed by atoms with Gasteiger partial charge in [0.25, 0.3) is 0 Å². The first-order valence-corrected chi connectivity index (χ1v) is 3.09. The average Bonchev–Trinajstić information content (AvgIpc) is 1.63. The zero-order chi connectivity index (χ0) is 7.33. The molecule has 0 aromatic rings. The van der Waals surface area contributed by atoms with Gasteiger partial charge in [0.05, 0.1) is 6.61 Å². The molecule has 0 spiro atoms. The van der Waals surface area contributed by atoms with E-state index >= 15 is 0 Å². The van der Waals surface area contributed by atoms with E-state index in [1.54, 1.807) is 0 Å². The van der Waals surface area contributed by atoms with Gasteiger partial charge in [-0.1, -0.05) is 6.08 Å². The van der Waals surface area contributed by atoms with Gasteiger partial charge in [0.1, 0.15) is 0 Å². The number of hydrogen-bond donors (Lipinski definition) is 0. The molecule has 0 N–H and O–H groups in total. The highest BCUT2D eigenvalue weighted by Crippen LogP contribution is 2.22. The number of allylic oxidation sites excluding steroid dienone is 1. The summed E-state index contributed by atoms with van der Waals surface area (Å²) in [6, 6.07) is 0. The molecule has 4 heteroatoms. The molecule has 9 heavy (non-hydrogen) atoms. The zero-order valence-corrected chi connectivity index (χ0v) is 6.49. The zero-order valence-electron chi connectivity index (χ0n) is 4.90. The van der Waals surface area contributed by atoms with Crippen molar-refractivity contribution in [1.29, 1.82) is 0 Å². The highest BCUT2D eigenvalue weighted by atomic mass is 79.9. The molecule has 0 radical (unpaired) electrons. The molecule has 0 fully saturated rings. The Kier molecular flexibility index (Phi) is 3.97. The first kappa shape index (κ1) is 9.04. The lowest BCUT2D eigenvalue weighted by Gasteiger charge is -1.98. The first-order valence-electron chi connectivity index (χ1n) is 2.29. The fourth-order valence-corrected chi connectivity index (χ4v) is 0.465. The van der Waals surface area contributed by atoms with Gasteiger partial charge in [-0.15, -0.1) is 0 Å². The molecule has 0 amide bonds. The lowest BCUT2D eigenvalue weighted by molar-refractivity contribution is 0.168. The lowest BCUT2D eigenvalue weighted by Crippen LogP contribution is -1.98. The standard InChI is InChI=1S/C5H7BrF2O/c1-9-4-2-3-5(6,7)8/h2-3H,4H2,1H3. The summed E-state index contributed by atoms with van der Waals surface area (Å²) < 4.78 is 28.1. The Morgan fingerprint density at radius 3 is 2.56 bits per heavy atom. The topological polar surface area (TPSA) is 9.23 Å². The molecule has 0 aliphatic carbocycles. The number of rotatable bonds is 3. The van der Waals surface area contributed by atoms with Gasteiger partial charge in [-0.05, 0) is 22.0 Å². The molecule has 0 unspecified atom stereocenters. The Bertz CT molecular complexity index is 97.6. The Hall–Kier alpha value is 0.0400. The normalized spacial score (nSPS) is 12.9. The van der Waals surface area contributed by atoms with Gasteiger partial charge in [0, 0.05) is 7.11 Å². The maximum atomic E-state index is 11.8. The Balaban J connectivity index is 3.45. The van der Waals surface area contributed by atoms with Gasteiger partial charge in [0.2, 0.25) is 0 Å². The molecule has 0 aromatic carbocycles. The number of halogens is 3. The molecular weight excluding hydrogens is 194 g/mol. The van der Waals surface area contributed by atoms with Crippen molar-refractivity contribution < 1.29 is 13.5 Å². The van der Waals surface area contributed by atoms with Gasteiger partial charge < -0.3 is 4.74 Å². The van der Waals surface area contributed by atoms with Crippen molar-refractivity contribution in [2.45, 2.75) is 4.83 Å². The predicted molar refractivity (Wildman–Crippen MR) is 34.9 cm³/mol.